The number of benzene rings is 1. The molecule has 3 aliphatic carbocycles. The van der Waals surface area contributed by atoms with Gasteiger partial charge >= 0.3 is 5.97 Å². The van der Waals surface area contributed by atoms with Crippen molar-refractivity contribution in [3.8, 4) is 17.2 Å². The summed E-state index contributed by atoms with van der Waals surface area (Å²) in [6, 6.07) is -0.510. The van der Waals surface area contributed by atoms with Gasteiger partial charge in [0, 0.05) is 35.0 Å². The van der Waals surface area contributed by atoms with Crippen molar-refractivity contribution < 1.29 is 33.6 Å². The highest BCUT2D eigenvalue weighted by molar-refractivity contribution is 6.02. The second-order valence-electron chi connectivity index (χ2n) is 16.4. The molecule has 9 rings (SSSR count). The molecule has 11 heteroatoms. The highest BCUT2D eigenvalue weighted by atomic mass is 16.6. The summed E-state index contributed by atoms with van der Waals surface area (Å²) in [7, 11) is 1.34. The van der Waals surface area contributed by atoms with E-state index >= 15 is 4.79 Å². The Morgan fingerprint density at radius 1 is 1.10 bits per heavy atom. The van der Waals surface area contributed by atoms with Gasteiger partial charge in [-0.25, -0.2) is 9.48 Å². The molecule has 6 atom stereocenters. The number of nitrogens with one attached hydrogen (secondary N) is 1. The zero-order valence-electron chi connectivity index (χ0n) is 31.5. The minimum Gasteiger partial charge on any atom is -0.506 e. The lowest BCUT2D eigenvalue weighted by Gasteiger charge is -2.62. The molecule has 4 aliphatic heterocycles. The van der Waals surface area contributed by atoms with Crippen LogP contribution in [0.1, 0.15) is 104 Å². The maximum atomic E-state index is 15.2. The van der Waals surface area contributed by atoms with Crippen molar-refractivity contribution in [1.29, 1.82) is 0 Å². The first-order valence-electron chi connectivity index (χ1n) is 18.3. The number of carbonyl (C=O) groups is 2. The number of esters is 1. The lowest BCUT2D eigenvalue weighted by Crippen LogP contribution is -2.75. The van der Waals surface area contributed by atoms with Gasteiger partial charge in [-0.1, -0.05) is 29.4 Å². The van der Waals surface area contributed by atoms with Crippen molar-refractivity contribution in [3.05, 3.63) is 69.6 Å². The second-order valence-corrected chi connectivity index (χ2v) is 16.4. The number of fused-ring (bicyclic) bond motifs is 4. The molecule has 4 fully saturated rings. The van der Waals surface area contributed by atoms with Crippen molar-refractivity contribution in [2.75, 3.05) is 12.4 Å². The van der Waals surface area contributed by atoms with Crippen LogP contribution in [-0.2, 0) is 25.5 Å². The Morgan fingerprint density at radius 2 is 1.85 bits per heavy atom. The summed E-state index contributed by atoms with van der Waals surface area (Å²) in [4.78, 5) is 32.4. The van der Waals surface area contributed by atoms with E-state index in [1.54, 1.807) is 17.7 Å². The zero-order chi connectivity index (χ0) is 37.1. The number of phenolic OH excluding ortho intramolecular Hbond substituents is 1. The van der Waals surface area contributed by atoms with Crippen LogP contribution in [0.25, 0.3) is 11.8 Å². The Hall–Kier alpha value is -4.64. The Labute approximate surface area is 304 Å². The maximum absolute atomic E-state index is 15.2. The smallest absolute Gasteiger partial charge is 0.333 e. The van der Waals surface area contributed by atoms with Gasteiger partial charge in [-0.05, 0) is 93.2 Å². The second kappa shape index (κ2) is 11.4. The van der Waals surface area contributed by atoms with Gasteiger partial charge in [-0.3, -0.25) is 4.79 Å². The quantitative estimate of drug-likeness (QED) is 0.165. The monoisotopic (exact) mass is 708 g/mol. The van der Waals surface area contributed by atoms with Crippen LogP contribution in [0, 0.1) is 11.8 Å². The predicted octanol–water partition coefficient (Wildman–Crippen LogP) is 7.19. The van der Waals surface area contributed by atoms with E-state index in [1.807, 2.05) is 39.8 Å². The molecule has 1 saturated heterocycles. The van der Waals surface area contributed by atoms with Gasteiger partial charge < -0.3 is 29.4 Å². The SMILES string of the molecule is COC(=O)/C(C)=C\CC12OC(C)(C)C3CC(C1=O)C1C4=C(Nc5ncnn51)c1c(O)c5c(c(CC=C(C)C)c1OC432)OC(C)(CCC=C(C)C)C=C5. The number of ether oxygens (including phenoxy) is 4. The molecular weight excluding hydrogens is 660 g/mol. The number of carbonyl (C=O) groups excluding carboxylic acids is 2. The van der Waals surface area contributed by atoms with Gasteiger partial charge in [0.1, 0.15) is 29.2 Å². The number of methoxy groups -OCH3 is 1. The molecule has 11 nitrogen and oxygen atoms in total. The molecule has 274 valence electrons. The Bertz CT molecular complexity index is 2090. The highest BCUT2D eigenvalue weighted by Gasteiger charge is 2.84. The third-order valence-electron chi connectivity index (χ3n) is 12.1. The van der Waals surface area contributed by atoms with Crippen molar-refractivity contribution in [2.24, 2.45) is 11.8 Å². The van der Waals surface area contributed by atoms with Gasteiger partial charge in [-0.2, -0.15) is 10.1 Å². The van der Waals surface area contributed by atoms with Gasteiger partial charge in [0.25, 0.3) is 0 Å². The van der Waals surface area contributed by atoms with Crippen LogP contribution in [0.4, 0.5) is 5.95 Å². The van der Waals surface area contributed by atoms with E-state index in [0.29, 0.717) is 52.7 Å². The van der Waals surface area contributed by atoms with E-state index in [4.69, 9.17) is 18.9 Å². The first-order chi connectivity index (χ1) is 24.6. The van der Waals surface area contributed by atoms with Crippen LogP contribution < -0.4 is 14.8 Å². The standard InChI is InChI=1S/C41H48N4O7/c1-21(2)11-10-16-39(8)17-15-24-32(46)28-30-29-31(45-37(44-30)42-20-43-45)26-19-27-38(6,7)52-40(35(26)47,18-14-23(5)36(48)49-9)41(27,29)51-34(28)25(33(24)50-39)13-12-22(3)4/h11-12,14-15,17,20,26-27,31,46H,10,13,16,18-19H2,1-9H3,(H,42,43,44)/b23-14-. The molecule has 3 saturated carbocycles. The number of nitrogens with zero attached hydrogens (tertiary/aromatic N) is 3. The summed E-state index contributed by atoms with van der Waals surface area (Å²) in [6.07, 6.45) is 14.2. The number of aromatic nitrogens is 3. The summed E-state index contributed by atoms with van der Waals surface area (Å²) in [6.45, 7) is 16.1. The van der Waals surface area contributed by atoms with E-state index in [9.17, 15) is 9.90 Å². The Morgan fingerprint density at radius 3 is 2.56 bits per heavy atom. The minimum absolute atomic E-state index is 0.0286. The third kappa shape index (κ3) is 4.53. The molecule has 6 unspecified atom stereocenters. The van der Waals surface area contributed by atoms with E-state index in [-0.39, 0.29) is 23.9 Å². The third-order valence-corrected chi connectivity index (χ3v) is 12.1. The van der Waals surface area contributed by atoms with Crippen molar-refractivity contribution >= 4 is 29.5 Å². The molecule has 1 aromatic heterocycles. The summed E-state index contributed by atoms with van der Waals surface area (Å²) in [5, 5.41) is 20.5. The van der Waals surface area contributed by atoms with Crippen LogP contribution in [0.5, 0.6) is 17.2 Å². The van der Waals surface area contributed by atoms with E-state index < -0.39 is 40.3 Å². The Kier molecular flexibility index (Phi) is 7.57. The van der Waals surface area contributed by atoms with Crippen LogP contribution in [0.3, 0.4) is 0 Å². The number of hydrogen-bond acceptors (Lipinski definition) is 10. The van der Waals surface area contributed by atoms with Gasteiger partial charge in [0.2, 0.25) is 5.95 Å². The minimum atomic E-state index is -1.49. The molecule has 2 N–H and O–H groups in total. The molecule has 0 radical (unpaired) electrons. The van der Waals surface area contributed by atoms with Gasteiger partial charge in [-0.15, -0.1) is 0 Å². The van der Waals surface area contributed by atoms with Crippen molar-refractivity contribution in [2.45, 2.75) is 116 Å². The number of ketones is 1. The van der Waals surface area contributed by atoms with E-state index in [1.165, 1.54) is 19.0 Å². The van der Waals surface area contributed by atoms with Crippen LogP contribution in [0.2, 0.25) is 0 Å². The van der Waals surface area contributed by atoms with Crippen molar-refractivity contribution in [3.63, 3.8) is 0 Å². The molecule has 0 amide bonds. The topological polar surface area (TPSA) is 134 Å². The maximum Gasteiger partial charge on any atom is 0.333 e. The number of aromatic hydroxyl groups is 1. The number of rotatable bonds is 8. The average molecular weight is 709 g/mol. The van der Waals surface area contributed by atoms with Crippen LogP contribution in [-0.4, -0.2) is 61.1 Å². The van der Waals surface area contributed by atoms with E-state index in [0.717, 1.165) is 29.6 Å². The van der Waals surface area contributed by atoms with Crippen LogP contribution in [0.15, 0.2) is 52.9 Å². The number of anilines is 1. The molecule has 1 spiro atoms. The van der Waals surface area contributed by atoms with Gasteiger partial charge in [0.05, 0.1) is 35.6 Å². The Balaban J connectivity index is 1.41. The lowest BCUT2D eigenvalue weighted by atomic mass is 9.47. The highest BCUT2D eigenvalue weighted by Crippen LogP contribution is 2.74. The molecule has 1 aromatic carbocycles. The summed E-state index contributed by atoms with van der Waals surface area (Å²) >= 11 is 0. The molecule has 5 heterocycles. The van der Waals surface area contributed by atoms with Crippen LogP contribution >= 0.6 is 0 Å². The number of Topliss-reactive ketones (excluding diaryl/α,β-unsaturated/α-hetero) is 1. The molecule has 4 bridgehead atoms. The normalized spacial score (nSPS) is 31.0. The summed E-state index contributed by atoms with van der Waals surface area (Å²) in [5.74, 6) is 0.179. The molecule has 2 aromatic rings. The number of phenols is 1. The molecule has 7 aliphatic rings. The number of allylic oxidation sites excluding steroid dienone is 4. The van der Waals surface area contributed by atoms with E-state index in [2.05, 4.69) is 48.3 Å². The average Bonchev–Trinajstić information content (AvgIpc) is 3.61. The number of hydrogen-bond donors (Lipinski definition) is 2. The predicted molar refractivity (Wildman–Crippen MR) is 196 cm³/mol. The van der Waals surface area contributed by atoms with Gasteiger partial charge in [0.15, 0.2) is 17.0 Å². The first-order valence-corrected chi connectivity index (χ1v) is 18.3. The zero-order valence-corrected chi connectivity index (χ0v) is 31.5. The fraction of sp³-hybridized carbons (Fsp3) is 0.512. The summed E-state index contributed by atoms with van der Waals surface area (Å²) in [5.41, 5.74) is 1.81. The molecule has 52 heavy (non-hydrogen) atoms. The van der Waals surface area contributed by atoms with Crippen molar-refractivity contribution in [1.82, 2.24) is 14.8 Å². The fourth-order valence-corrected chi connectivity index (χ4v) is 9.74. The first kappa shape index (κ1) is 34.4. The molecular formula is C41H48N4O7. The fourth-order valence-electron chi connectivity index (χ4n) is 9.74. The largest absolute Gasteiger partial charge is 0.506 e. The lowest BCUT2D eigenvalue weighted by molar-refractivity contribution is -0.181. The summed E-state index contributed by atoms with van der Waals surface area (Å²) < 4.78 is 28.4.